The molecule has 1 aromatic carbocycles. The van der Waals surface area contributed by atoms with Crippen LogP contribution in [-0.4, -0.2) is 25.0 Å². The minimum Gasteiger partial charge on any atom is -0.371 e. The maximum atomic E-state index is 12.6. The smallest absolute Gasteiger partial charge is 0.226 e. The number of hydrogen-bond acceptors (Lipinski definition) is 2. The summed E-state index contributed by atoms with van der Waals surface area (Å²) in [7, 11) is 0. The van der Waals surface area contributed by atoms with Gasteiger partial charge >= 0.3 is 0 Å². The Morgan fingerprint density at radius 3 is 2.52 bits per heavy atom. The fourth-order valence-electron chi connectivity index (χ4n) is 4.04. The summed E-state index contributed by atoms with van der Waals surface area (Å²) in [4.78, 5) is 17.2. The molecule has 3 heteroatoms. The van der Waals surface area contributed by atoms with E-state index >= 15 is 0 Å². The molecular formula is C20H30N2O. The highest BCUT2D eigenvalue weighted by molar-refractivity contribution is 5.94. The summed E-state index contributed by atoms with van der Waals surface area (Å²) in [5.41, 5.74) is 2.37. The molecule has 0 bridgehead atoms. The van der Waals surface area contributed by atoms with E-state index in [0.29, 0.717) is 12.5 Å². The van der Waals surface area contributed by atoms with Gasteiger partial charge in [-0.3, -0.25) is 4.79 Å². The van der Waals surface area contributed by atoms with Crippen molar-refractivity contribution < 1.29 is 4.79 Å². The predicted octanol–water partition coefficient (Wildman–Crippen LogP) is 4.61. The molecule has 0 N–H and O–H groups in total. The predicted molar refractivity (Wildman–Crippen MR) is 97.1 cm³/mol. The number of nitrogens with zero attached hydrogens (tertiary/aromatic N) is 2. The largest absolute Gasteiger partial charge is 0.371 e. The van der Waals surface area contributed by atoms with Crippen molar-refractivity contribution in [2.75, 3.05) is 22.9 Å². The van der Waals surface area contributed by atoms with Crippen LogP contribution in [0.4, 0.5) is 11.4 Å². The first-order valence-corrected chi connectivity index (χ1v) is 9.36. The molecule has 1 saturated heterocycles. The lowest BCUT2D eigenvalue weighted by Gasteiger charge is -2.36. The lowest BCUT2D eigenvalue weighted by Crippen LogP contribution is -2.42. The Hall–Kier alpha value is -1.51. The Bertz CT molecular complexity index is 528. The van der Waals surface area contributed by atoms with Crippen LogP contribution in [0, 0.1) is 5.92 Å². The van der Waals surface area contributed by atoms with Crippen molar-refractivity contribution in [3.8, 4) is 0 Å². The SMILES string of the molecule is CCC(=O)N(c1cccc(N2CCCC2)c1)C1CCC(C)CC1. The van der Waals surface area contributed by atoms with E-state index in [9.17, 15) is 4.79 Å². The first-order chi connectivity index (χ1) is 11.2. The highest BCUT2D eigenvalue weighted by atomic mass is 16.2. The fraction of sp³-hybridized carbons (Fsp3) is 0.650. The number of amides is 1. The molecule has 0 aromatic heterocycles. The summed E-state index contributed by atoms with van der Waals surface area (Å²) in [6.07, 6.45) is 7.90. The summed E-state index contributed by atoms with van der Waals surface area (Å²) in [5.74, 6) is 1.07. The molecule has 0 spiro atoms. The molecule has 2 aliphatic rings. The highest BCUT2D eigenvalue weighted by Crippen LogP contribution is 2.33. The first kappa shape index (κ1) is 16.4. The van der Waals surface area contributed by atoms with Gasteiger partial charge in [0.25, 0.3) is 0 Å². The molecule has 1 aliphatic carbocycles. The van der Waals surface area contributed by atoms with Gasteiger partial charge in [0.2, 0.25) is 5.91 Å². The van der Waals surface area contributed by atoms with Crippen molar-refractivity contribution in [3.63, 3.8) is 0 Å². The van der Waals surface area contributed by atoms with E-state index in [1.807, 2.05) is 6.92 Å². The molecule has 1 aromatic rings. The second kappa shape index (κ2) is 7.37. The van der Waals surface area contributed by atoms with Gasteiger partial charge in [-0.2, -0.15) is 0 Å². The Labute approximate surface area is 140 Å². The molecule has 1 saturated carbocycles. The van der Waals surface area contributed by atoms with Gasteiger partial charge in [-0.1, -0.05) is 19.9 Å². The van der Waals surface area contributed by atoms with Crippen molar-refractivity contribution in [2.24, 2.45) is 5.92 Å². The lowest BCUT2D eigenvalue weighted by molar-refractivity contribution is -0.119. The van der Waals surface area contributed by atoms with Crippen LogP contribution < -0.4 is 9.80 Å². The quantitative estimate of drug-likeness (QED) is 0.810. The summed E-state index contributed by atoms with van der Waals surface area (Å²) in [6, 6.07) is 9.03. The van der Waals surface area contributed by atoms with Gasteiger partial charge in [0.1, 0.15) is 0 Å². The van der Waals surface area contributed by atoms with E-state index < -0.39 is 0 Å². The molecule has 0 radical (unpaired) electrons. The van der Waals surface area contributed by atoms with Crippen LogP contribution in [-0.2, 0) is 4.79 Å². The molecule has 2 fully saturated rings. The Kier molecular flexibility index (Phi) is 5.24. The molecule has 3 rings (SSSR count). The average Bonchev–Trinajstić information content (AvgIpc) is 3.11. The number of carbonyl (C=O) groups excluding carboxylic acids is 1. The summed E-state index contributed by atoms with van der Waals surface area (Å²) < 4.78 is 0. The van der Waals surface area contributed by atoms with Gasteiger partial charge in [0.05, 0.1) is 0 Å². The molecule has 1 amide bonds. The third-order valence-electron chi connectivity index (χ3n) is 5.50. The molecule has 126 valence electrons. The van der Waals surface area contributed by atoms with Crippen molar-refractivity contribution in [1.29, 1.82) is 0 Å². The molecule has 1 heterocycles. The molecule has 3 nitrogen and oxygen atoms in total. The van der Waals surface area contributed by atoms with E-state index in [0.717, 1.165) is 37.5 Å². The van der Waals surface area contributed by atoms with Crippen LogP contribution in [0.5, 0.6) is 0 Å². The van der Waals surface area contributed by atoms with Crippen LogP contribution in [0.2, 0.25) is 0 Å². The zero-order valence-corrected chi connectivity index (χ0v) is 14.6. The van der Waals surface area contributed by atoms with E-state index in [-0.39, 0.29) is 5.91 Å². The molecule has 23 heavy (non-hydrogen) atoms. The number of anilines is 2. The Morgan fingerprint density at radius 2 is 1.87 bits per heavy atom. The van der Waals surface area contributed by atoms with Crippen molar-refractivity contribution in [2.45, 2.75) is 64.8 Å². The second-order valence-electron chi connectivity index (χ2n) is 7.24. The van der Waals surface area contributed by atoms with Crippen molar-refractivity contribution in [1.82, 2.24) is 0 Å². The fourth-order valence-corrected chi connectivity index (χ4v) is 4.04. The lowest BCUT2D eigenvalue weighted by atomic mass is 9.86. The molecule has 1 aliphatic heterocycles. The topological polar surface area (TPSA) is 23.6 Å². The summed E-state index contributed by atoms with van der Waals surface area (Å²) in [6.45, 7) is 6.60. The standard InChI is InChI=1S/C20H30N2O/c1-3-20(23)22(17-11-9-16(2)10-12-17)19-8-6-7-18(15-19)21-13-4-5-14-21/h6-8,15-17H,3-5,9-14H2,1-2H3. The van der Waals surface area contributed by atoms with Crippen molar-refractivity contribution in [3.05, 3.63) is 24.3 Å². The van der Waals surface area contributed by atoms with E-state index in [1.54, 1.807) is 0 Å². The number of carbonyl (C=O) groups is 1. The molecular weight excluding hydrogens is 284 g/mol. The van der Waals surface area contributed by atoms with Gasteiger partial charge < -0.3 is 9.80 Å². The van der Waals surface area contributed by atoms with Crippen LogP contribution in [0.1, 0.15) is 58.8 Å². The average molecular weight is 314 g/mol. The minimum absolute atomic E-state index is 0.267. The third kappa shape index (κ3) is 3.70. The van der Waals surface area contributed by atoms with Crippen LogP contribution >= 0.6 is 0 Å². The van der Waals surface area contributed by atoms with Gasteiger partial charge in [-0.25, -0.2) is 0 Å². The number of rotatable bonds is 4. The van der Waals surface area contributed by atoms with Crippen LogP contribution in [0.15, 0.2) is 24.3 Å². The van der Waals surface area contributed by atoms with Gasteiger partial charge in [-0.05, 0) is 62.6 Å². The van der Waals surface area contributed by atoms with E-state index in [2.05, 4.69) is 41.0 Å². The Balaban J connectivity index is 1.84. The number of hydrogen-bond donors (Lipinski definition) is 0. The van der Waals surface area contributed by atoms with Crippen LogP contribution in [0.25, 0.3) is 0 Å². The minimum atomic E-state index is 0.267. The van der Waals surface area contributed by atoms with Crippen LogP contribution in [0.3, 0.4) is 0 Å². The third-order valence-corrected chi connectivity index (χ3v) is 5.50. The van der Waals surface area contributed by atoms with Crippen molar-refractivity contribution >= 4 is 17.3 Å². The maximum absolute atomic E-state index is 12.6. The number of benzene rings is 1. The molecule has 0 atom stereocenters. The van der Waals surface area contributed by atoms with Gasteiger partial charge in [-0.15, -0.1) is 0 Å². The van der Waals surface area contributed by atoms with E-state index in [1.165, 1.54) is 31.4 Å². The summed E-state index contributed by atoms with van der Waals surface area (Å²) in [5, 5.41) is 0. The molecule has 0 unspecified atom stereocenters. The van der Waals surface area contributed by atoms with E-state index in [4.69, 9.17) is 0 Å². The van der Waals surface area contributed by atoms with Gasteiger partial charge in [0, 0.05) is 36.9 Å². The normalized spacial score (nSPS) is 24.7. The second-order valence-corrected chi connectivity index (χ2v) is 7.24. The highest BCUT2D eigenvalue weighted by Gasteiger charge is 2.28. The Morgan fingerprint density at radius 1 is 1.17 bits per heavy atom. The summed E-state index contributed by atoms with van der Waals surface area (Å²) >= 11 is 0. The first-order valence-electron chi connectivity index (χ1n) is 9.36. The zero-order chi connectivity index (χ0) is 16.2. The van der Waals surface area contributed by atoms with Gasteiger partial charge in [0.15, 0.2) is 0 Å². The monoisotopic (exact) mass is 314 g/mol. The zero-order valence-electron chi connectivity index (χ0n) is 14.6. The maximum Gasteiger partial charge on any atom is 0.226 e.